The Morgan fingerprint density at radius 1 is 1.00 bits per heavy atom. The van der Waals surface area contributed by atoms with Gasteiger partial charge in [-0.1, -0.05) is 30.3 Å². The Morgan fingerprint density at radius 2 is 1.62 bits per heavy atom. The van der Waals surface area contributed by atoms with Crippen molar-refractivity contribution in [3.05, 3.63) is 53.6 Å². The van der Waals surface area contributed by atoms with Crippen molar-refractivity contribution in [1.29, 1.82) is 0 Å². The van der Waals surface area contributed by atoms with Crippen LogP contribution in [0.2, 0.25) is 0 Å². The molecule has 2 rings (SSSR count). The average Bonchev–Trinajstić information content (AvgIpc) is 2.53. The second-order valence-corrected chi connectivity index (χ2v) is 4.26. The first-order valence-corrected chi connectivity index (χ1v) is 6.32. The summed E-state index contributed by atoms with van der Waals surface area (Å²) < 4.78 is 15.3. The van der Waals surface area contributed by atoms with Crippen molar-refractivity contribution in [2.45, 2.75) is 6.61 Å². The molecule has 2 aromatic carbocycles. The van der Waals surface area contributed by atoms with E-state index in [9.17, 15) is 9.90 Å². The normalized spacial score (nSPS) is 10.0. The molecule has 0 unspecified atom stereocenters. The molecule has 0 atom stereocenters. The molecular weight excluding hydrogens is 272 g/mol. The third kappa shape index (κ3) is 3.25. The van der Waals surface area contributed by atoms with E-state index in [1.807, 2.05) is 30.3 Å². The third-order valence-corrected chi connectivity index (χ3v) is 2.96. The van der Waals surface area contributed by atoms with Gasteiger partial charge in [-0.05, 0) is 17.7 Å². The summed E-state index contributed by atoms with van der Waals surface area (Å²) in [6, 6.07) is 12.3. The minimum Gasteiger partial charge on any atom is -0.504 e. The number of carbonyl (C=O) groups is 1. The molecule has 1 N–H and O–H groups in total. The van der Waals surface area contributed by atoms with Crippen LogP contribution in [0.5, 0.6) is 17.2 Å². The van der Waals surface area contributed by atoms with E-state index in [1.165, 1.54) is 26.4 Å². The van der Waals surface area contributed by atoms with Crippen LogP contribution in [0.25, 0.3) is 0 Å². The van der Waals surface area contributed by atoms with Crippen molar-refractivity contribution >= 4 is 5.97 Å². The maximum Gasteiger partial charge on any atom is 0.346 e. The van der Waals surface area contributed by atoms with E-state index in [1.54, 1.807) is 0 Å². The van der Waals surface area contributed by atoms with Gasteiger partial charge in [0.1, 0.15) is 17.9 Å². The number of ether oxygens (including phenoxy) is 3. The summed E-state index contributed by atoms with van der Waals surface area (Å²) >= 11 is 0. The van der Waals surface area contributed by atoms with Gasteiger partial charge in [0.25, 0.3) is 0 Å². The highest BCUT2D eigenvalue weighted by Gasteiger charge is 2.22. The quantitative estimate of drug-likeness (QED) is 0.857. The van der Waals surface area contributed by atoms with Gasteiger partial charge in [0.15, 0.2) is 11.5 Å². The molecule has 0 saturated heterocycles. The molecule has 0 radical (unpaired) electrons. The van der Waals surface area contributed by atoms with E-state index in [0.29, 0.717) is 0 Å². The maximum absolute atomic E-state index is 12.2. The largest absolute Gasteiger partial charge is 0.504 e. The van der Waals surface area contributed by atoms with Gasteiger partial charge in [-0.3, -0.25) is 0 Å². The van der Waals surface area contributed by atoms with Crippen molar-refractivity contribution in [2.75, 3.05) is 14.2 Å². The molecule has 0 spiro atoms. The van der Waals surface area contributed by atoms with Crippen LogP contribution in [-0.2, 0) is 11.3 Å². The number of benzene rings is 2. The van der Waals surface area contributed by atoms with E-state index in [-0.39, 0.29) is 29.4 Å². The van der Waals surface area contributed by atoms with Crippen molar-refractivity contribution in [1.82, 2.24) is 0 Å². The van der Waals surface area contributed by atoms with Gasteiger partial charge < -0.3 is 19.3 Å². The third-order valence-electron chi connectivity index (χ3n) is 2.96. The smallest absolute Gasteiger partial charge is 0.346 e. The zero-order valence-corrected chi connectivity index (χ0v) is 11.8. The SMILES string of the molecule is COc1ccc(OC)c(C(=O)OCc2ccccc2)c1O. The fourth-order valence-electron chi connectivity index (χ4n) is 1.88. The maximum atomic E-state index is 12.2. The molecule has 0 amide bonds. The molecule has 2 aromatic rings. The molecule has 5 nitrogen and oxygen atoms in total. The van der Waals surface area contributed by atoms with Crippen molar-refractivity contribution in [3.63, 3.8) is 0 Å². The molecule has 0 aromatic heterocycles. The number of hydrogen-bond acceptors (Lipinski definition) is 5. The lowest BCUT2D eigenvalue weighted by Crippen LogP contribution is -2.08. The lowest BCUT2D eigenvalue weighted by Gasteiger charge is -2.12. The second kappa shape index (κ2) is 6.65. The highest BCUT2D eigenvalue weighted by Crippen LogP contribution is 2.36. The number of esters is 1. The van der Waals surface area contributed by atoms with Crippen LogP contribution >= 0.6 is 0 Å². The van der Waals surface area contributed by atoms with Crippen molar-refractivity contribution in [3.8, 4) is 17.2 Å². The van der Waals surface area contributed by atoms with Crippen LogP contribution < -0.4 is 9.47 Å². The van der Waals surface area contributed by atoms with Crippen LogP contribution in [0.3, 0.4) is 0 Å². The topological polar surface area (TPSA) is 65.0 Å². The summed E-state index contributed by atoms with van der Waals surface area (Å²) in [5.74, 6) is -0.559. The lowest BCUT2D eigenvalue weighted by molar-refractivity contribution is 0.0465. The first-order valence-electron chi connectivity index (χ1n) is 6.32. The molecule has 0 aliphatic carbocycles. The zero-order chi connectivity index (χ0) is 15.2. The van der Waals surface area contributed by atoms with Gasteiger partial charge in [0, 0.05) is 0 Å². The predicted molar refractivity (Wildman–Crippen MR) is 76.8 cm³/mol. The number of methoxy groups -OCH3 is 2. The van der Waals surface area contributed by atoms with Crippen molar-refractivity contribution in [2.24, 2.45) is 0 Å². The Morgan fingerprint density at radius 3 is 2.24 bits per heavy atom. The minimum absolute atomic E-state index is 0.0484. The molecule has 0 aliphatic rings. The van der Waals surface area contributed by atoms with E-state index in [0.717, 1.165) is 5.56 Å². The van der Waals surface area contributed by atoms with Crippen LogP contribution in [0.1, 0.15) is 15.9 Å². The highest BCUT2D eigenvalue weighted by atomic mass is 16.5. The standard InChI is InChI=1S/C16H16O5/c1-19-12-8-9-13(20-2)15(17)14(12)16(18)21-10-11-6-4-3-5-7-11/h3-9,17H,10H2,1-2H3. The van der Waals surface area contributed by atoms with Crippen LogP contribution in [0.4, 0.5) is 0 Å². The van der Waals surface area contributed by atoms with E-state index < -0.39 is 5.97 Å². The summed E-state index contributed by atoms with van der Waals surface area (Å²) in [6.45, 7) is 0.111. The predicted octanol–water partition coefficient (Wildman–Crippen LogP) is 2.77. The van der Waals surface area contributed by atoms with Gasteiger partial charge in [-0.2, -0.15) is 0 Å². The average molecular weight is 288 g/mol. The molecule has 21 heavy (non-hydrogen) atoms. The van der Waals surface area contributed by atoms with Crippen molar-refractivity contribution < 1.29 is 24.1 Å². The summed E-state index contributed by atoms with van der Waals surface area (Å²) in [5, 5.41) is 10.1. The number of phenols is 1. The number of carbonyl (C=O) groups excluding carboxylic acids is 1. The fourth-order valence-corrected chi connectivity index (χ4v) is 1.88. The molecule has 110 valence electrons. The molecule has 0 saturated carbocycles. The fraction of sp³-hybridized carbons (Fsp3) is 0.188. The first kappa shape index (κ1) is 14.7. The number of aromatic hydroxyl groups is 1. The lowest BCUT2D eigenvalue weighted by atomic mass is 10.1. The first-order chi connectivity index (χ1) is 10.2. The molecule has 5 heteroatoms. The summed E-state index contributed by atoms with van der Waals surface area (Å²) in [6.07, 6.45) is 0. The Kier molecular flexibility index (Phi) is 4.66. The highest BCUT2D eigenvalue weighted by molar-refractivity contribution is 5.96. The Labute approximate surface area is 122 Å². The molecule has 0 fully saturated rings. The Balaban J connectivity index is 2.22. The second-order valence-electron chi connectivity index (χ2n) is 4.26. The number of rotatable bonds is 5. The van der Waals surface area contributed by atoms with Gasteiger partial charge >= 0.3 is 5.97 Å². The summed E-state index contributed by atoms with van der Waals surface area (Å²) in [4.78, 5) is 12.2. The molecule has 0 aliphatic heterocycles. The molecule has 0 bridgehead atoms. The Bertz CT molecular complexity index is 622. The molecule has 0 heterocycles. The summed E-state index contributed by atoms with van der Waals surface area (Å²) in [5.41, 5.74) is 0.806. The Hall–Kier alpha value is -2.69. The van der Waals surface area contributed by atoms with E-state index in [2.05, 4.69) is 0 Å². The monoisotopic (exact) mass is 288 g/mol. The van der Waals surface area contributed by atoms with E-state index >= 15 is 0 Å². The minimum atomic E-state index is -0.674. The number of phenolic OH excluding ortho intramolecular Hbond substituents is 1. The van der Waals surface area contributed by atoms with Crippen LogP contribution in [0.15, 0.2) is 42.5 Å². The molecular formula is C16H16O5. The number of hydrogen-bond donors (Lipinski definition) is 1. The van der Waals surface area contributed by atoms with Gasteiger partial charge in [-0.15, -0.1) is 0 Å². The van der Waals surface area contributed by atoms with Crippen LogP contribution in [0, 0.1) is 0 Å². The van der Waals surface area contributed by atoms with Gasteiger partial charge in [-0.25, -0.2) is 4.79 Å². The van der Waals surface area contributed by atoms with Gasteiger partial charge in [0.05, 0.1) is 14.2 Å². The zero-order valence-electron chi connectivity index (χ0n) is 11.8. The summed E-state index contributed by atoms with van der Waals surface area (Å²) in [7, 11) is 2.82. The van der Waals surface area contributed by atoms with Gasteiger partial charge in [0.2, 0.25) is 0 Å². The van der Waals surface area contributed by atoms with Crippen LogP contribution in [-0.4, -0.2) is 25.3 Å². The van der Waals surface area contributed by atoms with E-state index in [4.69, 9.17) is 14.2 Å².